The van der Waals surface area contributed by atoms with E-state index in [2.05, 4.69) is 10.2 Å². The monoisotopic (exact) mass is 458 g/mol. The Kier molecular flexibility index (Phi) is 5.99. The maximum absolute atomic E-state index is 12.8. The molecule has 4 aromatic rings. The number of para-hydroxylation sites is 1. The van der Waals surface area contributed by atoms with Crippen molar-refractivity contribution in [3.05, 3.63) is 84.4 Å². The van der Waals surface area contributed by atoms with Gasteiger partial charge in [0.05, 0.1) is 5.75 Å². The second kappa shape index (κ2) is 9.38. The Balaban J connectivity index is 1.39. The normalized spacial score (nSPS) is 12.0. The largest absolute Gasteiger partial charge is 0.454 e. The number of thioether (sulfide) groups is 1. The second-order valence-corrected chi connectivity index (χ2v) is 8.51. The van der Waals surface area contributed by atoms with Gasteiger partial charge < -0.3 is 14.4 Å². The van der Waals surface area contributed by atoms with Crippen molar-refractivity contribution in [2.24, 2.45) is 0 Å². The summed E-state index contributed by atoms with van der Waals surface area (Å²) in [5, 5.41) is 9.51. The Morgan fingerprint density at radius 2 is 1.70 bits per heavy atom. The van der Waals surface area contributed by atoms with E-state index in [9.17, 15) is 4.79 Å². The van der Waals surface area contributed by atoms with Gasteiger partial charge in [0, 0.05) is 24.8 Å². The smallest absolute Gasteiger partial charge is 0.233 e. The minimum absolute atomic E-state index is 0.0242. The van der Waals surface area contributed by atoms with Crippen molar-refractivity contribution < 1.29 is 14.3 Å². The molecule has 1 amide bonds. The fourth-order valence-corrected chi connectivity index (χ4v) is 4.47. The minimum Gasteiger partial charge on any atom is -0.454 e. The van der Waals surface area contributed by atoms with Crippen LogP contribution in [0.5, 0.6) is 11.5 Å². The lowest BCUT2D eigenvalue weighted by atomic mass is 10.2. The Labute approximate surface area is 196 Å². The first-order chi connectivity index (χ1) is 16.2. The Morgan fingerprint density at radius 1 is 0.970 bits per heavy atom. The summed E-state index contributed by atoms with van der Waals surface area (Å²) < 4.78 is 12.9. The standard InChI is InChI=1S/C25H22N4O3S/c1-28(15-18-8-4-2-5-9-18)23(30)16-33-25-27-26-24(29(25)20-10-6-3-7-11-20)19-12-13-21-22(14-19)32-17-31-21/h2-14H,15-17H2,1H3. The molecule has 7 nitrogen and oxygen atoms in total. The van der Waals surface area contributed by atoms with Crippen molar-refractivity contribution in [2.45, 2.75) is 11.7 Å². The molecule has 0 saturated heterocycles. The molecule has 166 valence electrons. The van der Waals surface area contributed by atoms with E-state index in [-0.39, 0.29) is 18.5 Å². The highest BCUT2D eigenvalue weighted by atomic mass is 32.2. The maximum Gasteiger partial charge on any atom is 0.233 e. The van der Waals surface area contributed by atoms with Gasteiger partial charge in [-0.25, -0.2) is 0 Å². The fourth-order valence-electron chi connectivity index (χ4n) is 3.58. The summed E-state index contributed by atoms with van der Waals surface area (Å²) in [6.07, 6.45) is 0. The molecule has 0 bridgehead atoms. The summed E-state index contributed by atoms with van der Waals surface area (Å²) in [6.45, 7) is 0.776. The highest BCUT2D eigenvalue weighted by Crippen LogP contribution is 2.37. The molecule has 3 aromatic carbocycles. The van der Waals surface area contributed by atoms with Crippen LogP contribution >= 0.6 is 11.8 Å². The molecule has 0 atom stereocenters. The van der Waals surface area contributed by atoms with Crippen LogP contribution in [-0.4, -0.2) is 45.2 Å². The summed E-state index contributed by atoms with van der Waals surface area (Å²) in [4.78, 5) is 14.5. The van der Waals surface area contributed by atoms with E-state index < -0.39 is 0 Å². The van der Waals surface area contributed by atoms with Crippen molar-refractivity contribution in [1.82, 2.24) is 19.7 Å². The van der Waals surface area contributed by atoms with Crippen molar-refractivity contribution in [3.8, 4) is 28.6 Å². The van der Waals surface area contributed by atoms with Crippen LogP contribution in [0, 0.1) is 0 Å². The van der Waals surface area contributed by atoms with Gasteiger partial charge in [0.2, 0.25) is 12.7 Å². The molecular formula is C25H22N4O3S. The zero-order valence-corrected chi connectivity index (χ0v) is 18.9. The molecular weight excluding hydrogens is 436 g/mol. The summed E-state index contributed by atoms with van der Waals surface area (Å²) in [7, 11) is 1.82. The third-order valence-electron chi connectivity index (χ3n) is 5.29. The van der Waals surface area contributed by atoms with Crippen molar-refractivity contribution >= 4 is 17.7 Å². The Morgan fingerprint density at radius 3 is 2.48 bits per heavy atom. The zero-order valence-electron chi connectivity index (χ0n) is 18.0. The minimum atomic E-state index is 0.0242. The molecule has 0 radical (unpaired) electrons. The highest BCUT2D eigenvalue weighted by Gasteiger charge is 2.21. The summed E-state index contributed by atoms with van der Waals surface area (Å²) in [5.74, 6) is 2.35. The first kappa shape index (κ1) is 21.1. The van der Waals surface area contributed by atoms with Crippen LogP contribution in [0.2, 0.25) is 0 Å². The highest BCUT2D eigenvalue weighted by molar-refractivity contribution is 7.99. The molecule has 0 saturated carbocycles. The SMILES string of the molecule is CN(Cc1ccccc1)C(=O)CSc1nnc(-c2ccc3c(c2)OCO3)n1-c1ccccc1. The van der Waals surface area contributed by atoms with Gasteiger partial charge in [0.1, 0.15) is 0 Å². The summed E-state index contributed by atoms with van der Waals surface area (Å²) >= 11 is 1.37. The fraction of sp³-hybridized carbons (Fsp3) is 0.160. The molecule has 1 aromatic heterocycles. The molecule has 2 heterocycles. The van der Waals surface area contributed by atoms with Gasteiger partial charge in [-0.3, -0.25) is 9.36 Å². The number of carbonyl (C=O) groups excluding carboxylic acids is 1. The van der Waals surface area contributed by atoms with E-state index >= 15 is 0 Å². The van der Waals surface area contributed by atoms with Gasteiger partial charge >= 0.3 is 0 Å². The number of benzene rings is 3. The molecule has 0 spiro atoms. The lowest BCUT2D eigenvalue weighted by Gasteiger charge is -2.17. The van der Waals surface area contributed by atoms with Gasteiger partial charge in [-0.15, -0.1) is 10.2 Å². The van der Waals surface area contributed by atoms with Crippen molar-refractivity contribution in [1.29, 1.82) is 0 Å². The number of amides is 1. The number of fused-ring (bicyclic) bond motifs is 1. The third-order valence-corrected chi connectivity index (χ3v) is 6.21. The Bertz CT molecular complexity index is 1260. The van der Waals surface area contributed by atoms with Gasteiger partial charge in [0.25, 0.3) is 0 Å². The van der Waals surface area contributed by atoms with Crippen LogP contribution in [0.1, 0.15) is 5.56 Å². The molecule has 5 rings (SSSR count). The lowest BCUT2D eigenvalue weighted by Crippen LogP contribution is -2.27. The quantitative estimate of drug-likeness (QED) is 0.382. The molecule has 1 aliphatic heterocycles. The predicted octanol–water partition coefficient (Wildman–Crippen LogP) is 4.41. The van der Waals surface area contributed by atoms with E-state index in [1.807, 2.05) is 90.5 Å². The van der Waals surface area contributed by atoms with Crippen LogP contribution in [0.4, 0.5) is 0 Å². The number of hydrogen-bond acceptors (Lipinski definition) is 6. The molecule has 33 heavy (non-hydrogen) atoms. The van der Waals surface area contributed by atoms with Crippen LogP contribution in [-0.2, 0) is 11.3 Å². The zero-order chi connectivity index (χ0) is 22.6. The van der Waals surface area contributed by atoms with E-state index in [0.717, 1.165) is 16.8 Å². The van der Waals surface area contributed by atoms with Crippen LogP contribution in [0.15, 0.2) is 84.0 Å². The van der Waals surface area contributed by atoms with Gasteiger partial charge in [-0.05, 0) is 35.9 Å². The molecule has 0 N–H and O–H groups in total. The van der Waals surface area contributed by atoms with Crippen LogP contribution in [0.3, 0.4) is 0 Å². The van der Waals surface area contributed by atoms with Gasteiger partial charge in [0.15, 0.2) is 22.5 Å². The third kappa shape index (κ3) is 4.56. The van der Waals surface area contributed by atoms with Crippen molar-refractivity contribution in [3.63, 3.8) is 0 Å². The number of rotatable bonds is 7. The molecule has 8 heteroatoms. The van der Waals surface area contributed by atoms with Crippen molar-refractivity contribution in [2.75, 3.05) is 19.6 Å². The average molecular weight is 459 g/mol. The molecule has 0 aliphatic carbocycles. The van der Waals surface area contributed by atoms with Gasteiger partial charge in [-0.1, -0.05) is 60.3 Å². The maximum atomic E-state index is 12.8. The van der Waals surface area contributed by atoms with Gasteiger partial charge in [-0.2, -0.15) is 0 Å². The predicted molar refractivity (Wildman–Crippen MR) is 127 cm³/mol. The van der Waals surface area contributed by atoms with Crippen LogP contribution in [0.25, 0.3) is 17.1 Å². The molecule has 1 aliphatic rings. The number of ether oxygens (including phenoxy) is 2. The molecule has 0 unspecified atom stereocenters. The lowest BCUT2D eigenvalue weighted by molar-refractivity contribution is -0.127. The summed E-state index contributed by atoms with van der Waals surface area (Å²) in [5.41, 5.74) is 2.87. The first-order valence-electron chi connectivity index (χ1n) is 10.5. The topological polar surface area (TPSA) is 69.5 Å². The van der Waals surface area contributed by atoms with E-state index in [0.29, 0.717) is 29.0 Å². The number of nitrogens with zero attached hydrogens (tertiary/aromatic N) is 4. The van der Waals surface area contributed by atoms with E-state index in [4.69, 9.17) is 9.47 Å². The number of aromatic nitrogens is 3. The molecule has 0 fully saturated rings. The van der Waals surface area contributed by atoms with Crippen LogP contribution < -0.4 is 9.47 Å². The van der Waals surface area contributed by atoms with E-state index in [1.54, 1.807) is 4.90 Å². The Hall–Kier alpha value is -3.78. The van der Waals surface area contributed by atoms with E-state index in [1.165, 1.54) is 11.8 Å². The number of hydrogen-bond donors (Lipinski definition) is 0. The number of carbonyl (C=O) groups is 1. The first-order valence-corrected chi connectivity index (χ1v) is 11.5. The summed E-state index contributed by atoms with van der Waals surface area (Å²) in [6, 6.07) is 25.5. The average Bonchev–Trinajstić information content (AvgIpc) is 3.50. The second-order valence-electron chi connectivity index (χ2n) is 7.57.